The van der Waals surface area contributed by atoms with Crippen molar-refractivity contribution >= 4 is 23.2 Å². The molecule has 23 heavy (non-hydrogen) atoms. The molecular formula is C17H21ClNO3Y-. The Morgan fingerprint density at radius 1 is 1.39 bits per heavy atom. The van der Waals surface area contributed by atoms with Gasteiger partial charge in [0.05, 0.1) is 6.61 Å². The number of hydrogen-bond acceptors (Lipinski definition) is 3. The molecule has 2 rings (SSSR count). The van der Waals surface area contributed by atoms with E-state index in [0.717, 1.165) is 11.3 Å². The summed E-state index contributed by atoms with van der Waals surface area (Å²) in [7, 11) is 1.63. The van der Waals surface area contributed by atoms with Gasteiger partial charge in [-0.2, -0.15) is 0 Å². The Morgan fingerprint density at radius 3 is 2.74 bits per heavy atom. The van der Waals surface area contributed by atoms with Gasteiger partial charge < -0.3 is 14.4 Å². The minimum absolute atomic E-state index is 0. The molecule has 1 unspecified atom stereocenters. The van der Waals surface area contributed by atoms with Crippen LogP contribution < -0.4 is 4.74 Å². The van der Waals surface area contributed by atoms with Crippen LogP contribution in [0, 0.1) is 12.0 Å². The molecule has 0 aliphatic carbocycles. The predicted molar refractivity (Wildman–Crippen MR) is 86.6 cm³/mol. The molecule has 0 fully saturated rings. The van der Waals surface area contributed by atoms with Crippen LogP contribution in [0.15, 0.2) is 18.2 Å². The van der Waals surface area contributed by atoms with E-state index in [1.165, 1.54) is 0 Å². The van der Waals surface area contributed by atoms with Crippen LogP contribution in [0.1, 0.15) is 25.8 Å². The van der Waals surface area contributed by atoms with Crippen LogP contribution >= 0.6 is 11.6 Å². The zero-order valence-corrected chi connectivity index (χ0v) is 17.4. The Balaban J connectivity index is 0.00000264. The number of ether oxygens (including phenoxy) is 2. The van der Waals surface area contributed by atoms with E-state index >= 15 is 0 Å². The van der Waals surface area contributed by atoms with Gasteiger partial charge in [0.25, 0.3) is 0 Å². The first-order valence-corrected chi connectivity index (χ1v) is 7.80. The quantitative estimate of drug-likeness (QED) is 0.532. The van der Waals surface area contributed by atoms with Crippen molar-refractivity contribution < 1.29 is 47.0 Å². The third-order valence-electron chi connectivity index (χ3n) is 3.60. The fourth-order valence-corrected chi connectivity index (χ4v) is 2.64. The molecular weight excluding hydrogens is 391 g/mol. The second-order valence-corrected chi connectivity index (χ2v) is 5.60. The van der Waals surface area contributed by atoms with Crippen LogP contribution in [0.25, 0.3) is 5.70 Å². The normalized spacial score (nSPS) is 17.6. The average Bonchev–Trinajstić information content (AvgIpc) is 2.51. The van der Waals surface area contributed by atoms with Crippen molar-refractivity contribution in [2.45, 2.75) is 20.3 Å². The van der Waals surface area contributed by atoms with Gasteiger partial charge in [-0.3, -0.25) is 4.79 Å². The molecule has 123 valence electrons. The first kappa shape index (κ1) is 20.6. The monoisotopic (exact) mass is 411 g/mol. The van der Waals surface area contributed by atoms with Gasteiger partial charge in [0.2, 0.25) is 5.91 Å². The molecule has 1 heterocycles. The number of nitrogens with zero attached hydrogens (tertiary/aromatic N) is 1. The van der Waals surface area contributed by atoms with Crippen molar-refractivity contribution in [2.75, 3.05) is 26.9 Å². The van der Waals surface area contributed by atoms with Gasteiger partial charge in [0.15, 0.2) is 0 Å². The third kappa shape index (κ3) is 5.03. The third-order valence-corrected chi connectivity index (χ3v) is 3.91. The summed E-state index contributed by atoms with van der Waals surface area (Å²) in [5.41, 5.74) is 1.57. The fourth-order valence-electron chi connectivity index (χ4n) is 2.38. The minimum Gasteiger partial charge on any atom is -0.491 e. The largest absolute Gasteiger partial charge is 0.491 e. The molecule has 6 heteroatoms. The summed E-state index contributed by atoms with van der Waals surface area (Å²) < 4.78 is 10.5. The van der Waals surface area contributed by atoms with Gasteiger partial charge in [-0.25, -0.2) is 6.08 Å². The molecule has 0 N–H and O–H groups in total. The number of halogens is 1. The molecule has 0 bridgehead atoms. The number of carbonyl (C=O) groups is 1. The summed E-state index contributed by atoms with van der Waals surface area (Å²) in [6.45, 7) is 5.47. The SMILES string of the molecule is CCN1C(=O)C(C)C[C-]=C1c1ccc(OCCOC)cc1Cl.[Y]. The minimum atomic E-state index is -0.0286. The summed E-state index contributed by atoms with van der Waals surface area (Å²) in [4.78, 5) is 14.0. The van der Waals surface area contributed by atoms with Crippen LogP contribution in [0.5, 0.6) is 5.75 Å². The summed E-state index contributed by atoms with van der Waals surface area (Å²) in [5, 5.41) is 0.554. The number of rotatable bonds is 6. The Labute approximate surface area is 168 Å². The maximum Gasteiger partial charge on any atom is 0.225 e. The first-order chi connectivity index (χ1) is 10.6. The molecule has 1 radical (unpaired) electrons. The number of amides is 1. The molecule has 0 saturated heterocycles. The van der Waals surface area contributed by atoms with Crippen molar-refractivity contribution in [3.63, 3.8) is 0 Å². The zero-order chi connectivity index (χ0) is 16.1. The number of hydrogen-bond donors (Lipinski definition) is 0. The van der Waals surface area contributed by atoms with E-state index in [9.17, 15) is 4.79 Å². The van der Waals surface area contributed by atoms with E-state index in [1.54, 1.807) is 18.1 Å². The van der Waals surface area contributed by atoms with Gasteiger partial charge in [-0.05, 0) is 24.1 Å². The van der Waals surface area contributed by atoms with Crippen LogP contribution in [0.4, 0.5) is 0 Å². The molecule has 1 aromatic rings. The summed E-state index contributed by atoms with van der Waals surface area (Å²) in [6.07, 6.45) is 3.92. The maximum absolute atomic E-state index is 12.3. The smallest absolute Gasteiger partial charge is 0.225 e. The predicted octanol–water partition coefficient (Wildman–Crippen LogP) is 3.40. The maximum atomic E-state index is 12.3. The van der Waals surface area contributed by atoms with E-state index in [-0.39, 0.29) is 44.5 Å². The standard InChI is InChI=1S/C17H21ClNO3.Y/c1-4-19-16(8-5-12(2)17(19)20)14-7-6-13(11-15(14)18)22-10-9-21-3;/h6-7,11-12H,4-5,9-10H2,1-3H3;/q-1;. The number of allylic oxidation sites excluding steroid dienone is 1. The van der Waals surface area contributed by atoms with E-state index < -0.39 is 0 Å². The summed E-state index contributed by atoms with van der Waals surface area (Å²) in [5.74, 6) is 0.775. The van der Waals surface area contributed by atoms with E-state index in [4.69, 9.17) is 21.1 Å². The van der Waals surface area contributed by atoms with Gasteiger partial charge in [0.1, 0.15) is 12.4 Å². The van der Waals surface area contributed by atoms with Gasteiger partial charge in [0, 0.05) is 52.3 Å². The Morgan fingerprint density at radius 2 is 2.13 bits per heavy atom. The first-order valence-electron chi connectivity index (χ1n) is 7.42. The Kier molecular flexibility index (Phi) is 8.77. The van der Waals surface area contributed by atoms with Crippen molar-refractivity contribution in [3.05, 3.63) is 34.9 Å². The topological polar surface area (TPSA) is 38.8 Å². The Hall–Kier alpha value is -0.416. The van der Waals surface area contributed by atoms with E-state index in [2.05, 4.69) is 6.08 Å². The molecule has 4 nitrogen and oxygen atoms in total. The average molecular weight is 412 g/mol. The Bertz CT molecular complexity index is 577. The second kappa shape index (κ2) is 9.78. The number of benzene rings is 1. The summed E-state index contributed by atoms with van der Waals surface area (Å²) in [6, 6.07) is 5.48. The van der Waals surface area contributed by atoms with Crippen molar-refractivity contribution in [3.8, 4) is 5.75 Å². The molecule has 1 amide bonds. The molecule has 1 aliphatic heterocycles. The molecule has 0 aromatic heterocycles. The number of methoxy groups -OCH3 is 1. The molecule has 0 spiro atoms. The van der Waals surface area contributed by atoms with E-state index in [1.807, 2.05) is 26.0 Å². The van der Waals surface area contributed by atoms with Gasteiger partial charge in [-0.15, -0.1) is 28.9 Å². The van der Waals surface area contributed by atoms with Crippen molar-refractivity contribution in [1.82, 2.24) is 4.90 Å². The summed E-state index contributed by atoms with van der Waals surface area (Å²) >= 11 is 6.37. The second-order valence-electron chi connectivity index (χ2n) is 5.20. The van der Waals surface area contributed by atoms with Crippen LogP contribution in [0.3, 0.4) is 0 Å². The van der Waals surface area contributed by atoms with Crippen LogP contribution in [-0.4, -0.2) is 37.7 Å². The van der Waals surface area contributed by atoms with E-state index in [0.29, 0.717) is 37.0 Å². The van der Waals surface area contributed by atoms with Crippen molar-refractivity contribution in [2.24, 2.45) is 5.92 Å². The van der Waals surface area contributed by atoms with Gasteiger partial charge >= 0.3 is 0 Å². The number of carbonyl (C=O) groups excluding carboxylic acids is 1. The molecule has 1 aromatic carbocycles. The van der Waals surface area contributed by atoms with Gasteiger partial charge in [-0.1, -0.05) is 13.3 Å². The van der Waals surface area contributed by atoms with Crippen LogP contribution in [0.2, 0.25) is 5.02 Å². The van der Waals surface area contributed by atoms with Crippen LogP contribution in [-0.2, 0) is 42.2 Å². The van der Waals surface area contributed by atoms with Crippen molar-refractivity contribution in [1.29, 1.82) is 0 Å². The molecule has 1 atom stereocenters. The molecule has 0 saturated carbocycles. The fraction of sp³-hybridized carbons (Fsp3) is 0.471. The zero-order valence-electron chi connectivity index (χ0n) is 13.8. The molecule has 1 aliphatic rings.